The van der Waals surface area contributed by atoms with Gasteiger partial charge in [-0.3, -0.25) is 15.3 Å². The van der Waals surface area contributed by atoms with E-state index in [1.807, 2.05) is 60.8 Å². The van der Waals surface area contributed by atoms with Crippen molar-refractivity contribution in [3.8, 4) is 5.75 Å². The lowest BCUT2D eigenvalue weighted by Crippen LogP contribution is -2.19. The molecular weight excluding hydrogens is 312 g/mol. The summed E-state index contributed by atoms with van der Waals surface area (Å²) in [5.41, 5.74) is 2.29. The Labute approximate surface area is 145 Å². The first-order valence-electron chi connectivity index (χ1n) is 8.03. The first-order valence-corrected chi connectivity index (χ1v) is 8.03. The first-order chi connectivity index (χ1) is 12.3. The summed E-state index contributed by atoms with van der Waals surface area (Å²) in [5, 5.41) is 15.2. The van der Waals surface area contributed by atoms with E-state index in [4.69, 9.17) is 0 Å². The molecule has 25 heavy (non-hydrogen) atoms. The summed E-state index contributed by atoms with van der Waals surface area (Å²) < 4.78 is 0. The van der Waals surface area contributed by atoms with Crippen molar-refractivity contribution in [2.45, 2.75) is 6.04 Å². The summed E-state index contributed by atoms with van der Waals surface area (Å²) in [5.74, 6) is 1.02. The number of nitrogens with zero attached hydrogens (tertiary/aromatic N) is 2. The predicted octanol–water partition coefficient (Wildman–Crippen LogP) is 3.35. The molecule has 4 aromatic rings. The molecule has 1 atom stereocenters. The fourth-order valence-electron chi connectivity index (χ4n) is 2.90. The lowest BCUT2D eigenvalue weighted by molar-refractivity contribution is -0.361. The summed E-state index contributed by atoms with van der Waals surface area (Å²) >= 11 is 0. The van der Waals surface area contributed by atoms with E-state index in [1.54, 1.807) is 18.6 Å². The molecule has 0 spiro atoms. The third-order valence-electron chi connectivity index (χ3n) is 4.12. The topological polar surface area (TPSA) is 72.2 Å². The van der Waals surface area contributed by atoms with Crippen LogP contribution in [0.5, 0.6) is 5.75 Å². The highest BCUT2D eigenvalue weighted by molar-refractivity contribution is 5.85. The molecule has 122 valence electrons. The van der Waals surface area contributed by atoms with Crippen molar-refractivity contribution >= 4 is 16.7 Å². The number of benzene rings is 1. The zero-order chi connectivity index (χ0) is 17.1. The van der Waals surface area contributed by atoms with Crippen molar-refractivity contribution in [3.63, 3.8) is 0 Å². The fraction of sp³-hybridized carbons (Fsp3) is 0.0500. The quantitative estimate of drug-likeness (QED) is 0.602. The fourth-order valence-corrected chi connectivity index (χ4v) is 2.90. The zero-order valence-corrected chi connectivity index (χ0v) is 13.4. The van der Waals surface area contributed by atoms with Crippen LogP contribution in [0.2, 0.25) is 0 Å². The molecule has 3 aromatic heterocycles. The molecule has 0 saturated heterocycles. The van der Waals surface area contributed by atoms with Crippen LogP contribution >= 0.6 is 0 Å². The van der Waals surface area contributed by atoms with E-state index in [0.29, 0.717) is 5.52 Å². The van der Waals surface area contributed by atoms with Crippen LogP contribution in [-0.4, -0.2) is 15.1 Å². The molecule has 0 radical (unpaired) electrons. The molecule has 0 saturated carbocycles. The third-order valence-corrected chi connectivity index (χ3v) is 4.12. The van der Waals surface area contributed by atoms with E-state index in [2.05, 4.69) is 20.3 Å². The Hall–Kier alpha value is -3.47. The number of hydrogen-bond donors (Lipinski definition) is 2. The van der Waals surface area contributed by atoms with Crippen LogP contribution < -0.4 is 10.3 Å². The molecule has 0 amide bonds. The van der Waals surface area contributed by atoms with Crippen molar-refractivity contribution in [1.82, 2.24) is 9.97 Å². The molecule has 0 fully saturated rings. The van der Waals surface area contributed by atoms with Crippen LogP contribution in [0.3, 0.4) is 0 Å². The van der Waals surface area contributed by atoms with Gasteiger partial charge in [-0.25, -0.2) is 4.98 Å². The number of nitrogens with one attached hydrogen (secondary N) is 2. The maximum atomic E-state index is 10.8. The maximum Gasteiger partial charge on any atom is 0.272 e. The second-order valence-electron chi connectivity index (χ2n) is 5.72. The molecule has 1 unspecified atom stereocenters. The second-order valence-corrected chi connectivity index (χ2v) is 5.72. The van der Waals surface area contributed by atoms with Gasteiger partial charge in [-0.05, 0) is 24.3 Å². The summed E-state index contributed by atoms with van der Waals surface area (Å²) in [7, 11) is 0. The number of phenolic OH excluding ortho intramolecular Hbond substituents is 1. The van der Waals surface area contributed by atoms with Gasteiger partial charge >= 0.3 is 0 Å². The van der Waals surface area contributed by atoms with Crippen LogP contribution in [0, 0.1) is 0 Å². The molecule has 0 bridgehead atoms. The normalized spacial score (nSPS) is 12.0. The first kappa shape index (κ1) is 15.1. The maximum absolute atomic E-state index is 10.8. The third kappa shape index (κ3) is 2.99. The highest BCUT2D eigenvalue weighted by Gasteiger charge is 2.24. The lowest BCUT2D eigenvalue weighted by atomic mass is 9.97. The Bertz CT molecular complexity index is 990. The van der Waals surface area contributed by atoms with Gasteiger partial charge in [-0.15, -0.1) is 0 Å². The van der Waals surface area contributed by atoms with Gasteiger partial charge in [0, 0.05) is 41.2 Å². The summed E-state index contributed by atoms with van der Waals surface area (Å²) in [6, 6.07) is 17.1. The average Bonchev–Trinajstić information content (AvgIpc) is 2.69. The van der Waals surface area contributed by atoms with E-state index in [-0.39, 0.29) is 11.8 Å². The van der Waals surface area contributed by atoms with E-state index in [0.717, 1.165) is 22.3 Å². The molecule has 5 nitrogen and oxygen atoms in total. The van der Waals surface area contributed by atoms with Crippen molar-refractivity contribution in [2.75, 3.05) is 5.32 Å². The number of pyridine rings is 3. The van der Waals surface area contributed by atoms with Crippen LogP contribution in [0.15, 0.2) is 79.4 Å². The summed E-state index contributed by atoms with van der Waals surface area (Å²) in [6.45, 7) is 0. The van der Waals surface area contributed by atoms with E-state index < -0.39 is 0 Å². The smallest absolute Gasteiger partial charge is 0.272 e. The number of H-pyrrole nitrogens is 1. The Morgan fingerprint density at radius 3 is 2.68 bits per heavy atom. The van der Waals surface area contributed by atoms with Crippen molar-refractivity contribution in [2.24, 2.45) is 0 Å². The van der Waals surface area contributed by atoms with Crippen LogP contribution in [0.25, 0.3) is 10.9 Å². The minimum Gasteiger partial charge on any atom is -0.505 e. The predicted molar refractivity (Wildman–Crippen MR) is 96.1 cm³/mol. The monoisotopic (exact) mass is 329 g/mol. The highest BCUT2D eigenvalue weighted by atomic mass is 16.3. The van der Waals surface area contributed by atoms with Gasteiger partial charge in [-0.2, -0.15) is 0 Å². The highest BCUT2D eigenvalue weighted by Crippen LogP contribution is 2.35. The summed E-state index contributed by atoms with van der Waals surface area (Å²) in [4.78, 5) is 11.7. The molecule has 1 aromatic carbocycles. The SMILES string of the molecule is Oc1c(C(Nc2cccc[nH+]2)c2cccnc2)ccc2cccnc12. The minimum atomic E-state index is -0.265. The lowest BCUT2D eigenvalue weighted by Gasteiger charge is -2.17. The Kier molecular flexibility index (Phi) is 3.96. The van der Waals surface area contributed by atoms with E-state index in [9.17, 15) is 5.11 Å². The van der Waals surface area contributed by atoms with Gasteiger partial charge in [0.15, 0.2) is 0 Å². The Morgan fingerprint density at radius 2 is 1.88 bits per heavy atom. The molecule has 4 rings (SSSR count). The number of hydrogen-bond acceptors (Lipinski definition) is 4. The molecule has 3 heterocycles. The van der Waals surface area contributed by atoms with Gasteiger partial charge in [0.1, 0.15) is 17.3 Å². The number of rotatable bonds is 4. The van der Waals surface area contributed by atoms with E-state index >= 15 is 0 Å². The van der Waals surface area contributed by atoms with Gasteiger partial charge in [0.05, 0.1) is 6.20 Å². The van der Waals surface area contributed by atoms with Gasteiger partial charge < -0.3 is 5.11 Å². The van der Waals surface area contributed by atoms with Gasteiger partial charge in [-0.1, -0.05) is 24.3 Å². The standard InChI is InChI=1S/C20H16N4O/c25-20-16(9-8-14-5-4-12-23-19(14)20)18(15-6-3-10-21-13-15)24-17-7-1-2-11-22-17/h1-13,18,25H,(H,22,24)/p+1. The number of aromatic hydroxyl groups is 1. The number of anilines is 1. The second kappa shape index (κ2) is 6.57. The minimum absolute atomic E-state index is 0.176. The Balaban J connectivity index is 1.85. The molecule has 0 aliphatic rings. The van der Waals surface area contributed by atoms with Crippen LogP contribution in [0.1, 0.15) is 17.2 Å². The molecular formula is C20H17N4O+. The number of phenols is 1. The molecule has 5 heteroatoms. The van der Waals surface area contributed by atoms with E-state index in [1.165, 1.54) is 0 Å². The average molecular weight is 329 g/mol. The molecule has 0 aliphatic heterocycles. The largest absolute Gasteiger partial charge is 0.505 e. The van der Waals surface area contributed by atoms with Crippen LogP contribution in [0.4, 0.5) is 5.82 Å². The van der Waals surface area contributed by atoms with Crippen molar-refractivity contribution < 1.29 is 10.1 Å². The number of fused-ring (bicyclic) bond motifs is 1. The molecule has 3 N–H and O–H groups in total. The van der Waals surface area contributed by atoms with Crippen molar-refractivity contribution in [3.05, 3.63) is 90.5 Å². The van der Waals surface area contributed by atoms with Crippen LogP contribution in [-0.2, 0) is 0 Å². The number of aromatic amines is 1. The Morgan fingerprint density at radius 1 is 0.960 bits per heavy atom. The molecule has 0 aliphatic carbocycles. The van der Waals surface area contributed by atoms with Gasteiger partial charge in [0.25, 0.3) is 5.82 Å². The van der Waals surface area contributed by atoms with Gasteiger partial charge in [0.2, 0.25) is 0 Å². The number of aromatic nitrogens is 3. The zero-order valence-electron chi connectivity index (χ0n) is 13.4. The van der Waals surface area contributed by atoms with Crippen molar-refractivity contribution in [1.29, 1.82) is 0 Å². The summed E-state index contributed by atoms with van der Waals surface area (Å²) in [6.07, 6.45) is 7.06.